The molecule has 0 radical (unpaired) electrons. The monoisotopic (exact) mass is 236 g/mol. The van der Waals surface area contributed by atoms with E-state index >= 15 is 0 Å². The highest BCUT2D eigenvalue weighted by molar-refractivity contribution is 5.87. The van der Waals surface area contributed by atoms with Gasteiger partial charge in [0.1, 0.15) is 6.10 Å². The lowest BCUT2D eigenvalue weighted by Crippen LogP contribution is -2.57. The minimum absolute atomic E-state index is 0.0241. The Labute approximate surface area is 102 Å². The van der Waals surface area contributed by atoms with Crippen LogP contribution in [0.4, 0.5) is 0 Å². The standard InChI is InChI=1S/C14H20O3/c1-8(2)13(15)17-12-10-3-9-4-11(12)7-14(16,5-9)6-10/h9-12,16H,1,3-7H2,2H3/t9?,10-,11+,12?,14?. The summed E-state index contributed by atoms with van der Waals surface area (Å²) in [5.74, 6) is 1.12. The molecule has 0 aliphatic heterocycles. The number of rotatable bonds is 2. The molecule has 0 spiro atoms. The van der Waals surface area contributed by atoms with Crippen molar-refractivity contribution >= 4 is 5.97 Å². The molecule has 0 aromatic carbocycles. The molecule has 17 heavy (non-hydrogen) atoms. The third-order valence-electron chi connectivity index (χ3n) is 4.75. The Morgan fingerprint density at radius 2 is 1.88 bits per heavy atom. The van der Waals surface area contributed by atoms with Gasteiger partial charge in [-0.25, -0.2) is 4.79 Å². The minimum Gasteiger partial charge on any atom is -0.458 e. The number of esters is 1. The summed E-state index contributed by atoms with van der Waals surface area (Å²) in [6.45, 7) is 5.31. The highest BCUT2D eigenvalue weighted by Crippen LogP contribution is 2.56. The second-order valence-corrected chi connectivity index (χ2v) is 6.34. The van der Waals surface area contributed by atoms with E-state index in [4.69, 9.17) is 4.74 Å². The summed E-state index contributed by atoms with van der Waals surface area (Å²) < 4.78 is 5.58. The van der Waals surface area contributed by atoms with Gasteiger partial charge in [-0.2, -0.15) is 0 Å². The third-order valence-corrected chi connectivity index (χ3v) is 4.75. The van der Waals surface area contributed by atoms with E-state index in [1.807, 2.05) is 0 Å². The van der Waals surface area contributed by atoms with Crippen molar-refractivity contribution in [3.8, 4) is 0 Å². The zero-order valence-corrected chi connectivity index (χ0v) is 10.3. The molecule has 3 heteroatoms. The molecule has 0 amide bonds. The van der Waals surface area contributed by atoms with E-state index in [0.29, 0.717) is 23.3 Å². The summed E-state index contributed by atoms with van der Waals surface area (Å²) in [5, 5.41) is 10.4. The molecule has 1 N–H and O–H groups in total. The molecule has 0 heterocycles. The van der Waals surface area contributed by atoms with Gasteiger partial charge in [-0.1, -0.05) is 6.58 Å². The van der Waals surface area contributed by atoms with Gasteiger partial charge in [0.2, 0.25) is 0 Å². The molecule has 94 valence electrons. The van der Waals surface area contributed by atoms with E-state index in [0.717, 1.165) is 32.1 Å². The third kappa shape index (κ3) is 1.81. The first-order chi connectivity index (χ1) is 7.97. The Bertz CT molecular complexity index is 358. The maximum atomic E-state index is 11.6. The van der Waals surface area contributed by atoms with Crippen LogP contribution in [0.5, 0.6) is 0 Å². The minimum atomic E-state index is -0.456. The van der Waals surface area contributed by atoms with Gasteiger partial charge in [-0.15, -0.1) is 0 Å². The number of carbonyl (C=O) groups is 1. The van der Waals surface area contributed by atoms with Crippen LogP contribution in [-0.2, 0) is 9.53 Å². The van der Waals surface area contributed by atoms with Crippen LogP contribution < -0.4 is 0 Å². The second-order valence-electron chi connectivity index (χ2n) is 6.34. The fraction of sp³-hybridized carbons (Fsp3) is 0.786. The van der Waals surface area contributed by atoms with E-state index < -0.39 is 5.60 Å². The second kappa shape index (κ2) is 3.58. The molecule has 0 saturated heterocycles. The molecule has 4 aliphatic carbocycles. The largest absolute Gasteiger partial charge is 0.458 e. The highest BCUT2D eigenvalue weighted by atomic mass is 16.5. The lowest BCUT2D eigenvalue weighted by molar-refractivity contribution is -0.195. The predicted molar refractivity (Wildman–Crippen MR) is 63.2 cm³/mol. The van der Waals surface area contributed by atoms with Crippen molar-refractivity contribution in [1.29, 1.82) is 0 Å². The molecule has 0 aromatic heterocycles. The fourth-order valence-electron chi connectivity index (χ4n) is 4.35. The molecule has 4 saturated carbocycles. The maximum absolute atomic E-state index is 11.6. The lowest BCUT2D eigenvalue weighted by atomic mass is 9.53. The number of aliphatic hydroxyl groups is 1. The molecule has 4 aliphatic rings. The number of hydrogen-bond donors (Lipinski definition) is 1. The van der Waals surface area contributed by atoms with Crippen molar-refractivity contribution in [2.75, 3.05) is 0 Å². The average Bonchev–Trinajstić information content (AvgIpc) is 2.20. The van der Waals surface area contributed by atoms with E-state index in [9.17, 15) is 9.90 Å². The summed E-state index contributed by atoms with van der Waals surface area (Å²) >= 11 is 0. The van der Waals surface area contributed by atoms with Crippen molar-refractivity contribution < 1.29 is 14.6 Å². The van der Waals surface area contributed by atoms with Crippen LogP contribution in [0.15, 0.2) is 12.2 Å². The Hall–Kier alpha value is -0.830. The molecule has 3 unspecified atom stereocenters. The van der Waals surface area contributed by atoms with Gasteiger partial charge in [-0.3, -0.25) is 0 Å². The molecular weight excluding hydrogens is 216 g/mol. The van der Waals surface area contributed by atoms with Crippen molar-refractivity contribution in [3.05, 3.63) is 12.2 Å². The zero-order valence-electron chi connectivity index (χ0n) is 10.3. The Morgan fingerprint density at radius 1 is 1.29 bits per heavy atom. The number of ether oxygens (including phenoxy) is 1. The van der Waals surface area contributed by atoms with Crippen molar-refractivity contribution in [2.45, 2.75) is 50.7 Å². The van der Waals surface area contributed by atoms with E-state index in [2.05, 4.69) is 6.58 Å². The molecule has 4 rings (SSSR count). The Balaban J connectivity index is 1.76. The summed E-state index contributed by atoms with van der Waals surface area (Å²) in [6.07, 6.45) is 4.85. The summed E-state index contributed by atoms with van der Waals surface area (Å²) in [6, 6.07) is 0. The van der Waals surface area contributed by atoms with E-state index in [1.165, 1.54) is 0 Å². The fourth-order valence-corrected chi connectivity index (χ4v) is 4.35. The van der Waals surface area contributed by atoms with Crippen LogP contribution in [0.3, 0.4) is 0 Å². The first-order valence-electron chi connectivity index (χ1n) is 6.56. The first-order valence-corrected chi connectivity index (χ1v) is 6.56. The summed E-state index contributed by atoms with van der Waals surface area (Å²) in [7, 11) is 0. The van der Waals surface area contributed by atoms with E-state index in [-0.39, 0.29) is 12.1 Å². The van der Waals surface area contributed by atoms with Gasteiger partial charge in [0.25, 0.3) is 0 Å². The van der Waals surface area contributed by atoms with Crippen LogP contribution in [-0.4, -0.2) is 22.8 Å². The van der Waals surface area contributed by atoms with Crippen LogP contribution in [0.2, 0.25) is 0 Å². The van der Waals surface area contributed by atoms with Crippen molar-refractivity contribution in [2.24, 2.45) is 17.8 Å². The lowest BCUT2D eigenvalue weighted by Gasteiger charge is -2.57. The SMILES string of the molecule is C=C(C)C(=O)OC1[C@@H]2CC3C[C@H]1CC(O)(C3)C2. The van der Waals surface area contributed by atoms with Crippen LogP contribution >= 0.6 is 0 Å². The quantitative estimate of drug-likeness (QED) is 0.589. The van der Waals surface area contributed by atoms with Crippen LogP contribution in [0, 0.1) is 17.8 Å². The normalized spacial score (nSPS) is 46.9. The van der Waals surface area contributed by atoms with Gasteiger partial charge in [0.15, 0.2) is 0 Å². The molecule has 4 bridgehead atoms. The molecular formula is C14H20O3. The first kappa shape index (κ1) is 11.3. The maximum Gasteiger partial charge on any atom is 0.333 e. The topological polar surface area (TPSA) is 46.5 Å². The van der Waals surface area contributed by atoms with Gasteiger partial charge < -0.3 is 9.84 Å². The summed E-state index contributed by atoms with van der Waals surface area (Å²) in [5.41, 5.74) is 0.0142. The molecule has 5 atom stereocenters. The van der Waals surface area contributed by atoms with Crippen molar-refractivity contribution in [3.63, 3.8) is 0 Å². The van der Waals surface area contributed by atoms with E-state index in [1.54, 1.807) is 6.92 Å². The predicted octanol–water partition coefficient (Wildman–Crippen LogP) is 2.05. The zero-order chi connectivity index (χ0) is 12.2. The molecule has 0 aromatic rings. The van der Waals surface area contributed by atoms with Crippen LogP contribution in [0.25, 0.3) is 0 Å². The smallest absolute Gasteiger partial charge is 0.333 e. The number of carbonyl (C=O) groups excluding carboxylic acids is 1. The number of hydrogen-bond acceptors (Lipinski definition) is 3. The van der Waals surface area contributed by atoms with Gasteiger partial charge in [-0.05, 0) is 56.8 Å². The molecule has 4 fully saturated rings. The Kier molecular flexibility index (Phi) is 2.37. The van der Waals surface area contributed by atoms with Crippen molar-refractivity contribution in [1.82, 2.24) is 0 Å². The summed E-state index contributed by atoms with van der Waals surface area (Å²) in [4.78, 5) is 11.6. The van der Waals surface area contributed by atoms with Gasteiger partial charge in [0, 0.05) is 5.57 Å². The van der Waals surface area contributed by atoms with Gasteiger partial charge in [0.05, 0.1) is 5.60 Å². The molecule has 3 nitrogen and oxygen atoms in total. The highest BCUT2D eigenvalue weighted by Gasteiger charge is 2.56. The Morgan fingerprint density at radius 3 is 2.35 bits per heavy atom. The average molecular weight is 236 g/mol. The van der Waals surface area contributed by atoms with Gasteiger partial charge >= 0.3 is 5.97 Å². The van der Waals surface area contributed by atoms with Crippen LogP contribution in [0.1, 0.15) is 39.0 Å².